The molecule has 2 nitrogen and oxygen atoms in total. The summed E-state index contributed by atoms with van der Waals surface area (Å²) in [4.78, 5) is 4.43. The molecule has 1 N–H and O–H groups in total. The highest BCUT2D eigenvalue weighted by Crippen LogP contribution is 2.38. The van der Waals surface area contributed by atoms with E-state index in [0.29, 0.717) is 4.88 Å². The molecular formula is C11H8F3NOS. The number of aliphatic hydroxyl groups is 1. The Bertz CT molecular complexity index is 521. The second-order valence-electron chi connectivity index (χ2n) is 3.33. The Kier molecular flexibility index (Phi) is 3.17. The Hall–Kier alpha value is -1.40. The molecule has 6 heteroatoms. The average Bonchev–Trinajstić information content (AvgIpc) is 2.76. The van der Waals surface area contributed by atoms with Crippen molar-refractivity contribution >= 4 is 11.3 Å². The number of hydrogen-bond donors (Lipinski definition) is 1. The van der Waals surface area contributed by atoms with Crippen molar-refractivity contribution < 1.29 is 18.3 Å². The summed E-state index contributed by atoms with van der Waals surface area (Å²) >= 11 is 1.06. The molecule has 0 aliphatic rings. The third-order valence-electron chi connectivity index (χ3n) is 2.17. The minimum atomic E-state index is -4.40. The van der Waals surface area contributed by atoms with Crippen LogP contribution in [0.4, 0.5) is 13.2 Å². The van der Waals surface area contributed by atoms with Gasteiger partial charge < -0.3 is 5.11 Å². The Morgan fingerprint density at radius 3 is 2.53 bits per heavy atom. The van der Waals surface area contributed by atoms with Crippen LogP contribution in [-0.4, -0.2) is 10.1 Å². The minimum absolute atomic E-state index is 0.0460. The zero-order chi connectivity index (χ0) is 12.5. The lowest BCUT2D eigenvalue weighted by atomic mass is 10.1. The maximum absolute atomic E-state index is 12.8. The number of aliphatic hydroxyl groups excluding tert-OH is 1. The van der Waals surface area contributed by atoms with Crippen molar-refractivity contribution in [1.82, 2.24) is 4.98 Å². The maximum Gasteiger partial charge on any atom is 0.417 e. The van der Waals surface area contributed by atoms with E-state index in [-0.39, 0.29) is 17.2 Å². The van der Waals surface area contributed by atoms with E-state index in [1.54, 1.807) is 0 Å². The van der Waals surface area contributed by atoms with E-state index in [0.717, 1.165) is 17.4 Å². The molecule has 0 aliphatic heterocycles. The second-order valence-corrected chi connectivity index (χ2v) is 4.45. The van der Waals surface area contributed by atoms with E-state index in [4.69, 9.17) is 5.11 Å². The Morgan fingerprint density at radius 1 is 1.24 bits per heavy atom. The topological polar surface area (TPSA) is 33.1 Å². The molecule has 0 amide bonds. The Morgan fingerprint density at radius 2 is 1.94 bits per heavy atom. The number of thiazole rings is 1. The molecule has 1 heterocycles. The van der Waals surface area contributed by atoms with Crippen molar-refractivity contribution in [3.63, 3.8) is 0 Å². The number of aromatic nitrogens is 1. The predicted octanol–water partition coefficient (Wildman–Crippen LogP) is 3.32. The number of alkyl halides is 3. The van der Waals surface area contributed by atoms with E-state index >= 15 is 0 Å². The lowest BCUT2D eigenvalue weighted by Gasteiger charge is -2.10. The minimum Gasteiger partial charge on any atom is -0.391 e. The first kappa shape index (κ1) is 12.1. The fraction of sp³-hybridized carbons (Fsp3) is 0.182. The molecule has 2 aromatic rings. The van der Waals surface area contributed by atoms with Gasteiger partial charge in [0, 0.05) is 11.8 Å². The largest absolute Gasteiger partial charge is 0.417 e. The van der Waals surface area contributed by atoms with Crippen molar-refractivity contribution in [2.24, 2.45) is 0 Å². The van der Waals surface area contributed by atoms with E-state index in [2.05, 4.69) is 4.98 Å². The van der Waals surface area contributed by atoms with Crippen LogP contribution < -0.4 is 0 Å². The van der Waals surface area contributed by atoms with Gasteiger partial charge in [0.05, 0.1) is 17.0 Å². The normalized spacial score (nSPS) is 11.8. The first-order chi connectivity index (χ1) is 8.02. The number of halogens is 3. The van der Waals surface area contributed by atoms with Crippen molar-refractivity contribution in [2.75, 3.05) is 0 Å². The first-order valence-corrected chi connectivity index (χ1v) is 5.56. The highest BCUT2D eigenvalue weighted by molar-refractivity contribution is 7.15. The predicted molar refractivity (Wildman–Crippen MR) is 58.5 cm³/mol. The SMILES string of the molecule is OCc1cnc(-c2ccccc2C(F)(F)F)s1. The van der Waals surface area contributed by atoms with Crippen LogP contribution in [0.5, 0.6) is 0 Å². The molecule has 0 spiro atoms. The fourth-order valence-electron chi connectivity index (χ4n) is 1.42. The van der Waals surface area contributed by atoms with E-state index in [1.165, 1.54) is 24.4 Å². The van der Waals surface area contributed by atoms with Gasteiger partial charge in [-0.15, -0.1) is 11.3 Å². The van der Waals surface area contributed by atoms with E-state index in [1.807, 2.05) is 0 Å². The Balaban J connectivity index is 2.52. The molecule has 17 heavy (non-hydrogen) atoms. The van der Waals surface area contributed by atoms with Crippen molar-refractivity contribution in [2.45, 2.75) is 12.8 Å². The van der Waals surface area contributed by atoms with Crippen molar-refractivity contribution in [3.8, 4) is 10.6 Å². The highest BCUT2D eigenvalue weighted by atomic mass is 32.1. The second kappa shape index (κ2) is 4.46. The number of rotatable bonds is 2. The number of benzene rings is 1. The molecule has 1 aromatic heterocycles. The van der Waals surface area contributed by atoms with Crippen molar-refractivity contribution in [1.29, 1.82) is 0 Å². The zero-order valence-electron chi connectivity index (χ0n) is 8.53. The van der Waals surface area contributed by atoms with Gasteiger partial charge in [-0.05, 0) is 6.07 Å². The van der Waals surface area contributed by atoms with Crippen LogP contribution in [0.3, 0.4) is 0 Å². The van der Waals surface area contributed by atoms with Crippen LogP contribution in [0.1, 0.15) is 10.4 Å². The van der Waals surface area contributed by atoms with Gasteiger partial charge in [-0.1, -0.05) is 18.2 Å². The summed E-state index contributed by atoms with van der Waals surface area (Å²) in [7, 11) is 0. The van der Waals surface area contributed by atoms with Gasteiger partial charge in [0.2, 0.25) is 0 Å². The summed E-state index contributed by atoms with van der Waals surface area (Å²) < 4.78 is 38.3. The molecule has 0 atom stereocenters. The molecule has 0 saturated heterocycles. The lowest BCUT2D eigenvalue weighted by molar-refractivity contribution is -0.137. The van der Waals surface area contributed by atoms with Gasteiger partial charge in [0.1, 0.15) is 5.01 Å². The molecule has 0 unspecified atom stereocenters. The molecule has 0 saturated carbocycles. The van der Waals surface area contributed by atoms with Gasteiger partial charge in [-0.25, -0.2) is 4.98 Å². The molecule has 90 valence electrons. The fourth-order valence-corrected chi connectivity index (χ4v) is 2.23. The zero-order valence-corrected chi connectivity index (χ0v) is 9.35. The van der Waals surface area contributed by atoms with Crippen LogP contribution >= 0.6 is 11.3 Å². The molecule has 0 bridgehead atoms. The van der Waals surface area contributed by atoms with Gasteiger partial charge in [0.25, 0.3) is 0 Å². The van der Waals surface area contributed by atoms with Crippen LogP contribution in [0, 0.1) is 0 Å². The molecule has 0 aliphatic carbocycles. The molecule has 1 aromatic carbocycles. The third-order valence-corrected chi connectivity index (χ3v) is 3.19. The van der Waals surface area contributed by atoms with Crippen LogP contribution in [0.15, 0.2) is 30.5 Å². The van der Waals surface area contributed by atoms with E-state index < -0.39 is 11.7 Å². The first-order valence-electron chi connectivity index (χ1n) is 4.74. The standard InChI is InChI=1S/C11H8F3NOS/c12-11(13,14)9-4-2-1-3-8(9)10-15-5-7(6-16)17-10/h1-5,16H,6H2. The quantitative estimate of drug-likeness (QED) is 0.897. The van der Waals surface area contributed by atoms with Crippen LogP contribution in [-0.2, 0) is 12.8 Å². The number of hydrogen-bond acceptors (Lipinski definition) is 3. The van der Waals surface area contributed by atoms with Crippen LogP contribution in [0.25, 0.3) is 10.6 Å². The number of nitrogens with zero attached hydrogens (tertiary/aromatic N) is 1. The van der Waals surface area contributed by atoms with Gasteiger partial charge >= 0.3 is 6.18 Å². The Labute approximate surface area is 99.4 Å². The summed E-state index contributed by atoms with van der Waals surface area (Å²) in [5.74, 6) is 0. The molecule has 0 radical (unpaired) electrons. The summed E-state index contributed by atoms with van der Waals surface area (Å²) in [6.07, 6.45) is -3.02. The summed E-state index contributed by atoms with van der Waals surface area (Å²) in [5.41, 5.74) is -0.663. The summed E-state index contributed by atoms with van der Waals surface area (Å²) in [6.45, 7) is -0.216. The van der Waals surface area contributed by atoms with Gasteiger partial charge in [0.15, 0.2) is 0 Å². The summed E-state index contributed by atoms with van der Waals surface area (Å²) in [5, 5.41) is 9.14. The third kappa shape index (κ3) is 2.48. The lowest BCUT2D eigenvalue weighted by Crippen LogP contribution is -2.06. The van der Waals surface area contributed by atoms with Gasteiger partial charge in [-0.2, -0.15) is 13.2 Å². The highest BCUT2D eigenvalue weighted by Gasteiger charge is 2.33. The van der Waals surface area contributed by atoms with Crippen molar-refractivity contribution in [3.05, 3.63) is 40.9 Å². The molecule has 2 rings (SSSR count). The maximum atomic E-state index is 12.8. The average molecular weight is 259 g/mol. The summed E-state index contributed by atoms with van der Waals surface area (Å²) in [6, 6.07) is 5.27. The molecule has 0 fully saturated rings. The smallest absolute Gasteiger partial charge is 0.391 e. The van der Waals surface area contributed by atoms with Crippen LogP contribution in [0.2, 0.25) is 0 Å². The monoisotopic (exact) mass is 259 g/mol. The van der Waals surface area contributed by atoms with E-state index in [9.17, 15) is 13.2 Å². The molecular weight excluding hydrogens is 251 g/mol. The van der Waals surface area contributed by atoms with Gasteiger partial charge in [-0.3, -0.25) is 0 Å².